The summed E-state index contributed by atoms with van der Waals surface area (Å²) >= 11 is 0. The number of hydrogen-bond acceptors (Lipinski definition) is 2. The summed E-state index contributed by atoms with van der Waals surface area (Å²) in [5, 5.41) is 0. The minimum Gasteiger partial charge on any atom is -0.294 e. The van der Waals surface area contributed by atoms with Crippen LogP contribution in [0.1, 0.15) is 65.2 Å². The summed E-state index contributed by atoms with van der Waals surface area (Å²) in [7, 11) is 0. The molecule has 0 heterocycles. The van der Waals surface area contributed by atoms with Crippen LogP contribution >= 0.6 is 0 Å². The van der Waals surface area contributed by atoms with E-state index >= 15 is 0 Å². The van der Waals surface area contributed by atoms with Crippen LogP contribution in [-0.4, -0.2) is 24.5 Å². The van der Waals surface area contributed by atoms with Crippen LogP contribution in [0.3, 0.4) is 0 Å². The normalized spacial score (nSPS) is 38.6. The van der Waals surface area contributed by atoms with Gasteiger partial charge in [-0.15, -0.1) is 0 Å². The van der Waals surface area contributed by atoms with E-state index in [1.807, 2.05) is 13.1 Å². The predicted molar refractivity (Wildman–Crippen MR) is 79.8 cm³/mol. The van der Waals surface area contributed by atoms with Crippen LogP contribution < -0.4 is 0 Å². The average Bonchev–Trinajstić information content (AvgIpc) is 2.39. The smallest absolute Gasteiger partial charge is 0.0516 e. The van der Waals surface area contributed by atoms with Gasteiger partial charge in [-0.3, -0.25) is 9.98 Å². The molecule has 18 heavy (non-hydrogen) atoms. The van der Waals surface area contributed by atoms with E-state index in [-0.39, 0.29) is 0 Å². The van der Waals surface area contributed by atoms with Gasteiger partial charge in [-0.2, -0.15) is 0 Å². The summed E-state index contributed by atoms with van der Waals surface area (Å²) in [6.07, 6.45) is 14.7. The molecule has 2 rings (SSSR count). The Morgan fingerprint density at radius 1 is 0.889 bits per heavy atom. The van der Waals surface area contributed by atoms with E-state index in [0.29, 0.717) is 12.1 Å². The molecule has 0 saturated heterocycles. The van der Waals surface area contributed by atoms with Crippen molar-refractivity contribution in [2.24, 2.45) is 21.8 Å². The van der Waals surface area contributed by atoms with Gasteiger partial charge in [0.1, 0.15) is 0 Å². The van der Waals surface area contributed by atoms with Crippen molar-refractivity contribution in [1.82, 2.24) is 0 Å². The lowest BCUT2D eigenvalue weighted by molar-refractivity contribution is 0.344. The van der Waals surface area contributed by atoms with Gasteiger partial charge in [0.25, 0.3) is 0 Å². The highest BCUT2D eigenvalue weighted by molar-refractivity contribution is 5.61. The topological polar surface area (TPSA) is 24.7 Å². The third-order valence-corrected chi connectivity index (χ3v) is 4.55. The van der Waals surface area contributed by atoms with Crippen LogP contribution in [0.4, 0.5) is 0 Å². The molecule has 0 N–H and O–H groups in total. The molecule has 0 amide bonds. The van der Waals surface area contributed by atoms with E-state index in [2.05, 4.69) is 18.1 Å². The summed E-state index contributed by atoms with van der Waals surface area (Å²) in [5.74, 6) is 1.70. The van der Waals surface area contributed by atoms with Crippen molar-refractivity contribution in [2.45, 2.75) is 77.3 Å². The zero-order valence-corrected chi connectivity index (χ0v) is 12.0. The van der Waals surface area contributed by atoms with Crippen molar-refractivity contribution in [1.29, 1.82) is 0 Å². The maximum Gasteiger partial charge on any atom is 0.0516 e. The molecule has 0 aromatic heterocycles. The molecule has 2 atom stereocenters. The number of aliphatic imine (C=N–C) groups is 2. The van der Waals surface area contributed by atoms with Crippen molar-refractivity contribution in [3.8, 4) is 0 Å². The second kappa shape index (κ2) is 7.06. The summed E-state index contributed by atoms with van der Waals surface area (Å²) in [4.78, 5) is 9.41. The minimum atomic E-state index is 0.539. The first-order chi connectivity index (χ1) is 8.78. The van der Waals surface area contributed by atoms with Crippen LogP contribution in [-0.2, 0) is 0 Å². The lowest BCUT2D eigenvalue weighted by atomic mass is 9.83. The second-order valence-corrected chi connectivity index (χ2v) is 6.20. The minimum absolute atomic E-state index is 0.539. The van der Waals surface area contributed by atoms with Crippen molar-refractivity contribution < 1.29 is 0 Å². The molecule has 0 bridgehead atoms. The lowest BCUT2D eigenvalue weighted by Gasteiger charge is -2.26. The largest absolute Gasteiger partial charge is 0.294 e. The molecule has 2 unspecified atom stereocenters. The standard InChI is InChI=1S/C16H28N2/c1-3-17-15-5-4-6-16(11-15)18-12-14-9-7-13(2)8-10-14/h3,12-16H,4-11H2,1-2H3. The average molecular weight is 248 g/mol. The van der Waals surface area contributed by atoms with Gasteiger partial charge in [0, 0.05) is 6.21 Å². The van der Waals surface area contributed by atoms with E-state index in [9.17, 15) is 0 Å². The van der Waals surface area contributed by atoms with E-state index in [1.54, 1.807) is 0 Å². The Labute approximate surface area is 112 Å². The molecule has 0 radical (unpaired) electrons. The highest BCUT2D eigenvalue weighted by Gasteiger charge is 2.21. The van der Waals surface area contributed by atoms with Crippen LogP contribution in [0.15, 0.2) is 9.98 Å². The Morgan fingerprint density at radius 3 is 2.22 bits per heavy atom. The van der Waals surface area contributed by atoms with E-state index in [4.69, 9.17) is 4.99 Å². The van der Waals surface area contributed by atoms with Crippen molar-refractivity contribution in [2.75, 3.05) is 0 Å². The van der Waals surface area contributed by atoms with Crippen molar-refractivity contribution in [3.05, 3.63) is 0 Å². The maximum atomic E-state index is 4.87. The molecule has 2 saturated carbocycles. The molecular formula is C16H28N2. The monoisotopic (exact) mass is 248 g/mol. The molecule has 2 heteroatoms. The zero-order valence-electron chi connectivity index (χ0n) is 12.0. The van der Waals surface area contributed by atoms with Gasteiger partial charge in [-0.25, -0.2) is 0 Å². The first kappa shape index (κ1) is 13.8. The Bertz CT molecular complexity index is 287. The lowest BCUT2D eigenvalue weighted by Crippen LogP contribution is -2.22. The molecule has 0 spiro atoms. The van der Waals surface area contributed by atoms with Crippen molar-refractivity contribution >= 4 is 12.4 Å². The highest BCUT2D eigenvalue weighted by Crippen LogP contribution is 2.28. The quantitative estimate of drug-likeness (QED) is 0.666. The van der Waals surface area contributed by atoms with Gasteiger partial charge < -0.3 is 0 Å². The van der Waals surface area contributed by atoms with E-state index in [1.165, 1.54) is 51.4 Å². The highest BCUT2D eigenvalue weighted by atomic mass is 14.8. The van der Waals surface area contributed by atoms with Crippen molar-refractivity contribution in [3.63, 3.8) is 0 Å². The number of hydrogen-bond donors (Lipinski definition) is 0. The molecule has 102 valence electrons. The second-order valence-electron chi connectivity index (χ2n) is 6.20. The third kappa shape index (κ3) is 4.22. The SMILES string of the molecule is CC=NC1CCCC(N=CC2CCC(C)CC2)C1. The van der Waals surface area contributed by atoms with Crippen LogP contribution in [0.5, 0.6) is 0 Å². The Morgan fingerprint density at radius 2 is 1.56 bits per heavy atom. The molecule has 2 aliphatic carbocycles. The van der Waals surface area contributed by atoms with Gasteiger partial charge in [-0.1, -0.05) is 19.8 Å². The summed E-state index contributed by atoms with van der Waals surface area (Å²) in [6.45, 7) is 4.40. The molecule has 0 aliphatic heterocycles. The maximum absolute atomic E-state index is 4.87. The van der Waals surface area contributed by atoms with Crippen LogP contribution in [0.2, 0.25) is 0 Å². The van der Waals surface area contributed by atoms with Crippen LogP contribution in [0, 0.1) is 11.8 Å². The number of nitrogens with zero attached hydrogens (tertiary/aromatic N) is 2. The predicted octanol–water partition coefficient (Wildman–Crippen LogP) is 4.29. The van der Waals surface area contributed by atoms with Crippen LogP contribution in [0.25, 0.3) is 0 Å². The summed E-state index contributed by atoms with van der Waals surface area (Å²) in [6, 6.07) is 1.09. The molecule has 2 nitrogen and oxygen atoms in total. The molecule has 2 aliphatic rings. The van der Waals surface area contributed by atoms with E-state index < -0.39 is 0 Å². The van der Waals surface area contributed by atoms with Gasteiger partial charge >= 0.3 is 0 Å². The molecule has 0 aromatic rings. The first-order valence-electron chi connectivity index (χ1n) is 7.79. The fraction of sp³-hybridized carbons (Fsp3) is 0.875. The molecular weight excluding hydrogens is 220 g/mol. The fourth-order valence-electron chi connectivity index (χ4n) is 3.30. The van der Waals surface area contributed by atoms with Gasteiger partial charge in [-0.05, 0) is 63.5 Å². The first-order valence-corrected chi connectivity index (χ1v) is 7.79. The summed E-state index contributed by atoms with van der Waals surface area (Å²) in [5.41, 5.74) is 0. The summed E-state index contributed by atoms with van der Waals surface area (Å²) < 4.78 is 0. The Balaban J connectivity index is 1.77. The number of rotatable bonds is 3. The van der Waals surface area contributed by atoms with Gasteiger partial charge in [0.2, 0.25) is 0 Å². The van der Waals surface area contributed by atoms with Gasteiger partial charge in [0.05, 0.1) is 12.1 Å². The Hall–Kier alpha value is -0.660. The van der Waals surface area contributed by atoms with Gasteiger partial charge in [0.15, 0.2) is 0 Å². The third-order valence-electron chi connectivity index (χ3n) is 4.55. The molecule has 2 fully saturated rings. The fourth-order valence-corrected chi connectivity index (χ4v) is 3.30. The molecule has 0 aromatic carbocycles. The Kier molecular flexibility index (Phi) is 5.40. The zero-order chi connectivity index (χ0) is 12.8. The van der Waals surface area contributed by atoms with E-state index in [0.717, 1.165) is 11.8 Å².